The van der Waals surface area contributed by atoms with Gasteiger partial charge in [-0.3, -0.25) is 9.52 Å². The van der Waals surface area contributed by atoms with Gasteiger partial charge in [-0.2, -0.15) is 0 Å². The molecular weight excluding hydrogens is 464 g/mol. The molecule has 0 aliphatic heterocycles. The number of amides is 1. The minimum absolute atomic E-state index is 0.0681. The number of benzene rings is 3. The standard InChI is InChI=1S/C26H28N4O4S/c1-4-35(33,34)28-20-15-21(26(32)29(2)17-23(31)18-11-7-5-8-12-18)24-22(16-20)27-25(30(24)3)19-13-9-6-10-14-19/h5-16,23,28,31H,4,17H2,1-3H3. The van der Waals surface area contributed by atoms with Crippen LogP contribution >= 0.6 is 0 Å². The molecule has 1 heterocycles. The van der Waals surface area contributed by atoms with Gasteiger partial charge in [0.2, 0.25) is 10.0 Å². The average Bonchev–Trinajstić information content (AvgIpc) is 3.20. The number of aromatic nitrogens is 2. The number of aliphatic hydroxyl groups excluding tert-OH is 1. The number of rotatable bonds is 8. The van der Waals surface area contributed by atoms with Crippen LogP contribution in [0.5, 0.6) is 0 Å². The first-order valence-corrected chi connectivity index (χ1v) is 12.9. The van der Waals surface area contributed by atoms with Crippen molar-refractivity contribution in [3.8, 4) is 11.4 Å². The molecule has 1 atom stereocenters. The summed E-state index contributed by atoms with van der Waals surface area (Å²) in [4.78, 5) is 19.8. The zero-order chi connectivity index (χ0) is 25.2. The van der Waals surface area contributed by atoms with Gasteiger partial charge in [-0.15, -0.1) is 0 Å². The molecule has 0 fully saturated rings. The molecule has 9 heteroatoms. The number of aliphatic hydroxyl groups is 1. The van der Waals surface area contributed by atoms with Crippen LogP contribution < -0.4 is 4.72 Å². The van der Waals surface area contributed by atoms with Gasteiger partial charge in [0.05, 0.1) is 40.7 Å². The molecule has 3 aromatic carbocycles. The Morgan fingerprint density at radius 2 is 1.71 bits per heavy atom. The zero-order valence-corrected chi connectivity index (χ0v) is 20.7. The van der Waals surface area contributed by atoms with Crippen LogP contribution in [-0.4, -0.2) is 53.2 Å². The number of sulfonamides is 1. The Bertz CT molecular complexity index is 1450. The number of anilines is 1. The van der Waals surface area contributed by atoms with E-state index >= 15 is 0 Å². The molecule has 8 nitrogen and oxygen atoms in total. The summed E-state index contributed by atoms with van der Waals surface area (Å²) in [5.41, 5.74) is 3.19. The van der Waals surface area contributed by atoms with Gasteiger partial charge in [0.15, 0.2) is 0 Å². The van der Waals surface area contributed by atoms with Gasteiger partial charge in [-0.1, -0.05) is 60.7 Å². The lowest BCUT2D eigenvalue weighted by atomic mass is 10.1. The summed E-state index contributed by atoms with van der Waals surface area (Å²) in [5, 5.41) is 10.6. The Morgan fingerprint density at radius 3 is 2.34 bits per heavy atom. The quantitative estimate of drug-likeness (QED) is 0.389. The van der Waals surface area contributed by atoms with Crippen molar-refractivity contribution in [2.75, 3.05) is 24.1 Å². The van der Waals surface area contributed by atoms with Crippen molar-refractivity contribution in [3.63, 3.8) is 0 Å². The van der Waals surface area contributed by atoms with Crippen molar-refractivity contribution in [2.45, 2.75) is 13.0 Å². The van der Waals surface area contributed by atoms with Crippen molar-refractivity contribution < 1.29 is 18.3 Å². The number of imidazole rings is 1. The highest BCUT2D eigenvalue weighted by molar-refractivity contribution is 7.92. The Balaban J connectivity index is 1.79. The fourth-order valence-electron chi connectivity index (χ4n) is 4.00. The van der Waals surface area contributed by atoms with E-state index in [0.717, 1.165) is 5.56 Å². The molecule has 1 unspecified atom stereocenters. The van der Waals surface area contributed by atoms with Gasteiger partial charge < -0.3 is 14.6 Å². The number of nitrogens with one attached hydrogen (secondary N) is 1. The third-order valence-electron chi connectivity index (χ3n) is 5.86. The molecule has 4 rings (SSSR count). The van der Waals surface area contributed by atoms with Crippen molar-refractivity contribution in [1.29, 1.82) is 0 Å². The summed E-state index contributed by atoms with van der Waals surface area (Å²) in [6.45, 7) is 1.61. The van der Waals surface area contributed by atoms with Crippen LogP contribution in [0.2, 0.25) is 0 Å². The van der Waals surface area contributed by atoms with Crippen LogP contribution in [-0.2, 0) is 17.1 Å². The molecule has 0 saturated heterocycles. The Labute approximate surface area is 204 Å². The number of hydrogen-bond acceptors (Lipinski definition) is 5. The van der Waals surface area contributed by atoms with Crippen LogP contribution in [0.4, 0.5) is 5.69 Å². The minimum Gasteiger partial charge on any atom is -0.387 e. The van der Waals surface area contributed by atoms with Gasteiger partial charge in [0, 0.05) is 19.7 Å². The largest absolute Gasteiger partial charge is 0.387 e. The van der Waals surface area contributed by atoms with E-state index in [-0.39, 0.29) is 29.5 Å². The van der Waals surface area contributed by atoms with Gasteiger partial charge in [-0.25, -0.2) is 13.4 Å². The lowest BCUT2D eigenvalue weighted by molar-refractivity contribution is 0.0682. The van der Waals surface area contributed by atoms with E-state index < -0.39 is 16.1 Å². The molecule has 2 N–H and O–H groups in total. The highest BCUT2D eigenvalue weighted by Gasteiger charge is 2.24. The maximum atomic E-state index is 13.6. The predicted octanol–water partition coefficient (Wildman–Crippen LogP) is 3.81. The molecule has 0 radical (unpaired) electrons. The Kier molecular flexibility index (Phi) is 6.90. The summed E-state index contributed by atoms with van der Waals surface area (Å²) in [7, 11) is -0.133. The van der Waals surface area contributed by atoms with Crippen LogP contribution in [0, 0.1) is 0 Å². The lowest BCUT2D eigenvalue weighted by Gasteiger charge is -2.22. The van der Waals surface area contributed by atoms with Crippen LogP contribution in [0.15, 0.2) is 72.8 Å². The first kappa shape index (κ1) is 24.4. The summed E-state index contributed by atoms with van der Waals surface area (Å²) in [6.07, 6.45) is -0.867. The number of nitrogens with zero attached hydrogens (tertiary/aromatic N) is 3. The molecule has 0 aliphatic rings. The van der Waals surface area contributed by atoms with E-state index in [2.05, 4.69) is 4.72 Å². The first-order chi connectivity index (χ1) is 16.7. The topological polar surface area (TPSA) is 105 Å². The number of likely N-dealkylation sites (N-methyl/N-ethyl adjacent to an activating group) is 1. The predicted molar refractivity (Wildman–Crippen MR) is 138 cm³/mol. The zero-order valence-electron chi connectivity index (χ0n) is 19.8. The van der Waals surface area contributed by atoms with E-state index in [0.29, 0.717) is 22.4 Å². The molecule has 0 aliphatic carbocycles. The van der Waals surface area contributed by atoms with Gasteiger partial charge in [0.1, 0.15) is 5.82 Å². The molecule has 4 aromatic rings. The van der Waals surface area contributed by atoms with E-state index in [1.54, 1.807) is 32.2 Å². The van der Waals surface area contributed by atoms with Crippen molar-refractivity contribution >= 4 is 32.7 Å². The second-order valence-corrected chi connectivity index (χ2v) is 10.4. The summed E-state index contributed by atoms with van der Waals surface area (Å²) in [6, 6.07) is 21.8. The van der Waals surface area contributed by atoms with Gasteiger partial charge >= 0.3 is 0 Å². The van der Waals surface area contributed by atoms with Gasteiger partial charge in [-0.05, 0) is 24.6 Å². The molecule has 1 amide bonds. The first-order valence-electron chi connectivity index (χ1n) is 11.2. The smallest absolute Gasteiger partial charge is 0.255 e. The number of carbonyl (C=O) groups excluding carboxylic acids is 1. The third kappa shape index (κ3) is 5.21. The molecule has 0 bridgehead atoms. The molecule has 0 saturated carbocycles. The van der Waals surface area contributed by atoms with E-state index in [1.165, 1.54) is 11.0 Å². The number of fused-ring (bicyclic) bond motifs is 1. The molecule has 35 heavy (non-hydrogen) atoms. The molecule has 1 aromatic heterocycles. The van der Waals surface area contributed by atoms with Crippen LogP contribution in [0.25, 0.3) is 22.4 Å². The normalized spacial score (nSPS) is 12.5. The maximum Gasteiger partial charge on any atom is 0.255 e. The second-order valence-electron chi connectivity index (χ2n) is 8.37. The molecule has 0 spiro atoms. The van der Waals surface area contributed by atoms with Gasteiger partial charge in [0.25, 0.3) is 5.91 Å². The second kappa shape index (κ2) is 9.89. The number of aryl methyl sites for hydroxylation is 1. The van der Waals surface area contributed by atoms with E-state index in [4.69, 9.17) is 4.98 Å². The van der Waals surface area contributed by atoms with Crippen LogP contribution in [0.3, 0.4) is 0 Å². The van der Waals surface area contributed by atoms with E-state index in [9.17, 15) is 18.3 Å². The van der Waals surface area contributed by atoms with Crippen LogP contribution in [0.1, 0.15) is 28.9 Å². The highest BCUT2D eigenvalue weighted by atomic mass is 32.2. The SMILES string of the molecule is CCS(=O)(=O)Nc1cc(C(=O)N(C)CC(O)c2ccccc2)c2c(c1)nc(-c1ccccc1)n2C. The summed E-state index contributed by atoms with van der Waals surface area (Å²) in [5.74, 6) is 0.192. The summed E-state index contributed by atoms with van der Waals surface area (Å²) < 4.78 is 28.9. The Hall–Kier alpha value is -3.69. The van der Waals surface area contributed by atoms with Crippen molar-refractivity contribution in [1.82, 2.24) is 14.5 Å². The van der Waals surface area contributed by atoms with Crippen molar-refractivity contribution in [3.05, 3.63) is 83.9 Å². The number of hydrogen-bond donors (Lipinski definition) is 2. The molecular formula is C26H28N4O4S. The maximum absolute atomic E-state index is 13.6. The monoisotopic (exact) mass is 492 g/mol. The Morgan fingerprint density at radius 1 is 1.09 bits per heavy atom. The average molecular weight is 493 g/mol. The minimum atomic E-state index is -3.56. The lowest BCUT2D eigenvalue weighted by Crippen LogP contribution is -2.31. The van der Waals surface area contributed by atoms with E-state index in [1.807, 2.05) is 60.1 Å². The summed E-state index contributed by atoms with van der Waals surface area (Å²) >= 11 is 0. The number of carbonyl (C=O) groups is 1. The highest BCUT2D eigenvalue weighted by Crippen LogP contribution is 2.30. The fraction of sp³-hybridized carbons (Fsp3) is 0.231. The third-order valence-corrected chi connectivity index (χ3v) is 7.17. The fourth-order valence-corrected chi connectivity index (χ4v) is 4.62. The van der Waals surface area contributed by atoms with Crippen molar-refractivity contribution in [2.24, 2.45) is 7.05 Å². The molecule has 182 valence electrons.